The Kier molecular flexibility index (Phi) is 6.39. The first-order valence-electron chi connectivity index (χ1n) is 11.9. The standard InChI is InChI=1S/C28H27FN2O3/c29-20-14-12-18(13-15-20)16-19-6-5-10-23-26(22-9-3-4-11-24(22)31-27(19)23)28(33)34-17-25(32)30-21-7-1-2-8-21/h3-4,9,11-16,21H,1-2,5-8,10,17H2,(H,30,32)/b19-16+. The molecule has 174 valence electrons. The van der Waals surface area contributed by atoms with E-state index in [0.717, 1.165) is 66.3 Å². The highest BCUT2D eigenvalue weighted by Gasteiger charge is 2.26. The second-order valence-electron chi connectivity index (χ2n) is 9.03. The van der Waals surface area contributed by atoms with Crippen LogP contribution < -0.4 is 5.32 Å². The molecule has 0 radical (unpaired) electrons. The number of para-hydroxylation sites is 1. The molecule has 3 aromatic rings. The first-order chi connectivity index (χ1) is 16.6. The third-order valence-electron chi connectivity index (χ3n) is 6.64. The SMILES string of the molecule is O=C(COC(=O)c1c2c(nc3ccccc13)/C(=C/c1ccc(F)cc1)CCC2)NC1CCCC1. The molecule has 1 amide bonds. The zero-order valence-corrected chi connectivity index (χ0v) is 19.0. The Morgan fingerprint density at radius 3 is 2.59 bits per heavy atom. The Labute approximate surface area is 198 Å². The van der Waals surface area contributed by atoms with E-state index in [1.165, 1.54) is 12.1 Å². The van der Waals surface area contributed by atoms with Gasteiger partial charge in [-0.05, 0) is 73.1 Å². The third kappa shape index (κ3) is 4.72. The fourth-order valence-electron chi connectivity index (χ4n) is 5.01. The van der Waals surface area contributed by atoms with Crippen LogP contribution in [-0.4, -0.2) is 29.5 Å². The van der Waals surface area contributed by atoms with Gasteiger partial charge in [-0.15, -0.1) is 0 Å². The van der Waals surface area contributed by atoms with E-state index < -0.39 is 5.97 Å². The van der Waals surface area contributed by atoms with Crippen LogP contribution in [-0.2, 0) is 16.0 Å². The molecule has 0 atom stereocenters. The van der Waals surface area contributed by atoms with Gasteiger partial charge in [-0.3, -0.25) is 4.79 Å². The molecule has 2 aliphatic rings. The number of allylic oxidation sites excluding steroid dienone is 1. The number of amides is 1. The predicted octanol–water partition coefficient (Wildman–Crippen LogP) is 5.47. The molecule has 1 aromatic heterocycles. The number of nitrogens with one attached hydrogen (secondary N) is 1. The lowest BCUT2D eigenvalue weighted by Gasteiger charge is -2.22. The highest BCUT2D eigenvalue weighted by Crippen LogP contribution is 2.36. The number of fused-ring (bicyclic) bond motifs is 2. The Bertz CT molecular complexity index is 1260. The van der Waals surface area contributed by atoms with Gasteiger partial charge in [0.15, 0.2) is 6.61 Å². The number of rotatable bonds is 5. The summed E-state index contributed by atoms with van der Waals surface area (Å²) in [7, 11) is 0. The second-order valence-corrected chi connectivity index (χ2v) is 9.03. The summed E-state index contributed by atoms with van der Waals surface area (Å²) in [5, 5.41) is 3.69. The molecule has 34 heavy (non-hydrogen) atoms. The number of hydrogen-bond donors (Lipinski definition) is 1. The molecule has 1 fully saturated rings. The van der Waals surface area contributed by atoms with Gasteiger partial charge in [-0.25, -0.2) is 14.2 Å². The molecular formula is C28H27FN2O3. The summed E-state index contributed by atoms with van der Waals surface area (Å²) in [4.78, 5) is 30.5. The van der Waals surface area contributed by atoms with Crippen molar-refractivity contribution in [3.05, 3.63) is 76.7 Å². The summed E-state index contributed by atoms with van der Waals surface area (Å²) in [5.41, 5.74) is 4.70. The average molecular weight is 459 g/mol. The van der Waals surface area contributed by atoms with Crippen LogP contribution >= 0.6 is 0 Å². The van der Waals surface area contributed by atoms with E-state index >= 15 is 0 Å². The Morgan fingerprint density at radius 2 is 1.79 bits per heavy atom. The van der Waals surface area contributed by atoms with E-state index in [4.69, 9.17) is 9.72 Å². The van der Waals surface area contributed by atoms with E-state index in [2.05, 4.69) is 5.32 Å². The van der Waals surface area contributed by atoms with Gasteiger partial charge in [-0.2, -0.15) is 0 Å². The van der Waals surface area contributed by atoms with Crippen molar-refractivity contribution in [1.29, 1.82) is 0 Å². The summed E-state index contributed by atoms with van der Waals surface area (Å²) >= 11 is 0. The molecule has 0 saturated heterocycles. The van der Waals surface area contributed by atoms with E-state index in [-0.39, 0.29) is 24.4 Å². The van der Waals surface area contributed by atoms with Gasteiger partial charge in [0.05, 0.1) is 16.8 Å². The second kappa shape index (κ2) is 9.75. The number of benzene rings is 2. The summed E-state index contributed by atoms with van der Waals surface area (Å²) in [5.74, 6) is -1.04. The van der Waals surface area contributed by atoms with Gasteiger partial charge in [0, 0.05) is 11.4 Å². The van der Waals surface area contributed by atoms with E-state index in [9.17, 15) is 14.0 Å². The zero-order chi connectivity index (χ0) is 23.5. The minimum atomic E-state index is -0.501. The van der Waals surface area contributed by atoms with Crippen molar-refractivity contribution in [2.45, 2.75) is 51.0 Å². The van der Waals surface area contributed by atoms with E-state index in [0.29, 0.717) is 17.5 Å². The minimum Gasteiger partial charge on any atom is -0.452 e. The number of pyridine rings is 1. The van der Waals surface area contributed by atoms with Crippen molar-refractivity contribution >= 4 is 34.4 Å². The number of hydrogen-bond acceptors (Lipinski definition) is 4. The molecule has 5 nitrogen and oxygen atoms in total. The fourth-order valence-corrected chi connectivity index (χ4v) is 5.01. The number of halogens is 1. The van der Waals surface area contributed by atoms with Crippen molar-refractivity contribution in [3.63, 3.8) is 0 Å². The summed E-state index contributed by atoms with van der Waals surface area (Å²) in [6, 6.07) is 14.0. The van der Waals surface area contributed by atoms with Gasteiger partial charge in [0.25, 0.3) is 5.91 Å². The lowest BCUT2D eigenvalue weighted by molar-refractivity contribution is -0.124. The third-order valence-corrected chi connectivity index (χ3v) is 6.64. The summed E-state index contributed by atoms with van der Waals surface area (Å²) in [6.45, 7) is -0.293. The number of carbonyl (C=O) groups is 2. The highest BCUT2D eigenvalue weighted by atomic mass is 19.1. The van der Waals surface area contributed by atoms with Crippen LogP contribution in [0.3, 0.4) is 0 Å². The zero-order valence-electron chi connectivity index (χ0n) is 19.0. The van der Waals surface area contributed by atoms with Crippen molar-refractivity contribution in [3.8, 4) is 0 Å². The minimum absolute atomic E-state index is 0.180. The van der Waals surface area contributed by atoms with E-state index in [1.807, 2.05) is 30.3 Å². The molecule has 0 aliphatic heterocycles. The normalized spacial score (nSPS) is 17.0. The molecule has 1 N–H and O–H groups in total. The van der Waals surface area contributed by atoms with Crippen LogP contribution in [0.2, 0.25) is 0 Å². The monoisotopic (exact) mass is 458 g/mol. The van der Waals surface area contributed by atoms with Gasteiger partial charge >= 0.3 is 5.97 Å². The molecule has 0 unspecified atom stereocenters. The number of aromatic nitrogens is 1. The topological polar surface area (TPSA) is 68.3 Å². The van der Waals surface area contributed by atoms with Crippen LogP contribution in [0.1, 0.15) is 65.7 Å². The average Bonchev–Trinajstić information content (AvgIpc) is 3.36. The predicted molar refractivity (Wildman–Crippen MR) is 130 cm³/mol. The molecular weight excluding hydrogens is 431 g/mol. The first-order valence-corrected chi connectivity index (χ1v) is 11.9. The van der Waals surface area contributed by atoms with E-state index in [1.54, 1.807) is 12.1 Å². The maximum absolute atomic E-state index is 13.4. The van der Waals surface area contributed by atoms with Crippen molar-refractivity contribution in [2.24, 2.45) is 0 Å². The highest BCUT2D eigenvalue weighted by molar-refractivity contribution is 6.07. The Hall–Kier alpha value is -3.54. The largest absolute Gasteiger partial charge is 0.452 e. The molecule has 2 aliphatic carbocycles. The van der Waals surface area contributed by atoms with Crippen LogP contribution in [0.25, 0.3) is 22.6 Å². The van der Waals surface area contributed by atoms with Gasteiger partial charge < -0.3 is 10.1 Å². The molecule has 6 heteroatoms. The van der Waals surface area contributed by atoms with Crippen molar-refractivity contribution in [1.82, 2.24) is 10.3 Å². The molecule has 5 rings (SSSR count). The molecule has 1 saturated carbocycles. The van der Waals surface area contributed by atoms with Crippen LogP contribution in [0.5, 0.6) is 0 Å². The van der Waals surface area contributed by atoms with Crippen LogP contribution in [0.4, 0.5) is 4.39 Å². The van der Waals surface area contributed by atoms with Crippen molar-refractivity contribution in [2.75, 3.05) is 6.61 Å². The smallest absolute Gasteiger partial charge is 0.339 e. The maximum atomic E-state index is 13.4. The molecule has 0 bridgehead atoms. The molecule has 1 heterocycles. The van der Waals surface area contributed by atoms with Gasteiger partial charge in [-0.1, -0.05) is 43.2 Å². The van der Waals surface area contributed by atoms with Crippen LogP contribution in [0, 0.1) is 5.82 Å². The summed E-state index contributed by atoms with van der Waals surface area (Å²) in [6.07, 6.45) is 8.57. The number of carbonyl (C=O) groups excluding carboxylic acids is 2. The first kappa shape index (κ1) is 22.3. The number of ether oxygens (including phenoxy) is 1. The summed E-state index contributed by atoms with van der Waals surface area (Å²) < 4.78 is 18.9. The number of esters is 1. The lowest BCUT2D eigenvalue weighted by Crippen LogP contribution is -2.36. The van der Waals surface area contributed by atoms with Gasteiger partial charge in [0.2, 0.25) is 0 Å². The quantitative estimate of drug-likeness (QED) is 0.515. The number of nitrogens with zero attached hydrogens (tertiary/aromatic N) is 1. The Morgan fingerprint density at radius 1 is 1.03 bits per heavy atom. The van der Waals surface area contributed by atoms with Gasteiger partial charge in [0.1, 0.15) is 5.82 Å². The lowest BCUT2D eigenvalue weighted by atomic mass is 9.86. The van der Waals surface area contributed by atoms with Crippen LogP contribution in [0.15, 0.2) is 48.5 Å². The fraction of sp³-hybridized carbons (Fsp3) is 0.321. The van der Waals surface area contributed by atoms with Crippen molar-refractivity contribution < 1.29 is 18.7 Å². The Balaban J connectivity index is 1.47. The molecule has 0 spiro atoms. The maximum Gasteiger partial charge on any atom is 0.339 e. The molecule has 2 aromatic carbocycles.